The number of nitrogens with zero attached hydrogens (tertiary/aromatic N) is 2. The smallest absolute Gasteiger partial charge is 0.114 e. The quantitative estimate of drug-likeness (QED) is 0.150. The summed E-state index contributed by atoms with van der Waals surface area (Å²) >= 11 is 0. The number of hydroxylamine groups is 3. The Labute approximate surface area is 217 Å². The van der Waals surface area contributed by atoms with Crippen LogP contribution in [0.1, 0.15) is 124 Å². The van der Waals surface area contributed by atoms with Gasteiger partial charge in [0.2, 0.25) is 0 Å². The summed E-state index contributed by atoms with van der Waals surface area (Å²) in [4.78, 5) is 5.89. The van der Waals surface area contributed by atoms with Crippen LogP contribution in [0.15, 0.2) is 0 Å². The van der Waals surface area contributed by atoms with Gasteiger partial charge in [-0.2, -0.15) is 4.65 Å². The van der Waals surface area contributed by atoms with Crippen LogP contribution in [0.5, 0.6) is 0 Å². The molecule has 0 radical (unpaired) electrons. The lowest BCUT2D eigenvalue weighted by Gasteiger charge is -2.25. The van der Waals surface area contributed by atoms with Gasteiger partial charge in [0.1, 0.15) is 6.10 Å². The predicted octanol–water partition coefficient (Wildman–Crippen LogP) is 1.99. The molecule has 1 atom stereocenters. The Kier molecular flexibility index (Phi) is 32.3. The number of unbranched alkanes of at least 4 members (excludes halogenated alkanes) is 13. The molecule has 0 bridgehead atoms. The van der Waals surface area contributed by atoms with E-state index in [1.807, 2.05) is 0 Å². The zero-order chi connectivity index (χ0) is 23.3. The van der Waals surface area contributed by atoms with E-state index in [1.165, 1.54) is 109 Å². The maximum Gasteiger partial charge on any atom is 0.114 e. The maximum atomic E-state index is 5.89. The lowest BCUT2D eigenvalue weighted by molar-refractivity contribution is -1.07. The highest BCUT2D eigenvalue weighted by atomic mass is 35.5. The summed E-state index contributed by atoms with van der Waals surface area (Å²) < 4.78 is 1.70. The van der Waals surface area contributed by atoms with Gasteiger partial charge in [-0.25, -0.2) is 4.84 Å². The fraction of sp³-hybridized carbons (Fsp3) is 1.00. The van der Waals surface area contributed by atoms with Gasteiger partial charge in [0.25, 0.3) is 0 Å². The minimum Gasteiger partial charge on any atom is -1.00 e. The monoisotopic (exact) mass is 500 g/mol. The van der Waals surface area contributed by atoms with Crippen molar-refractivity contribution < 1.29 is 38.8 Å². The molecular formula is C27H62Cl2N2O. The van der Waals surface area contributed by atoms with Crippen LogP contribution in [-0.2, 0) is 4.84 Å². The Morgan fingerprint density at radius 3 is 1.12 bits per heavy atom. The van der Waals surface area contributed by atoms with Gasteiger partial charge in [-0.15, -0.1) is 0 Å². The van der Waals surface area contributed by atoms with E-state index >= 15 is 0 Å². The highest BCUT2D eigenvalue weighted by Crippen LogP contribution is 2.14. The number of hydrogen-bond donors (Lipinski definition) is 0. The first kappa shape index (κ1) is 39.7. The van der Waals surface area contributed by atoms with Crippen LogP contribution in [0.25, 0.3) is 0 Å². The summed E-state index contributed by atoms with van der Waals surface area (Å²) in [5.74, 6) is 0. The van der Waals surface area contributed by atoms with Gasteiger partial charge in [0, 0.05) is 0 Å². The van der Waals surface area contributed by atoms with Crippen molar-refractivity contribution in [3.8, 4) is 0 Å². The maximum absolute atomic E-state index is 5.89. The minimum absolute atomic E-state index is 0. The van der Waals surface area contributed by atoms with Crippen LogP contribution in [0.2, 0.25) is 0 Å². The van der Waals surface area contributed by atoms with Crippen LogP contribution >= 0.6 is 0 Å². The third kappa shape index (κ3) is 40.8. The first-order chi connectivity index (χ1) is 14.0. The van der Waals surface area contributed by atoms with Gasteiger partial charge in [-0.1, -0.05) is 104 Å². The fourth-order valence-corrected chi connectivity index (χ4v) is 3.89. The molecule has 5 heteroatoms. The Hall–Kier alpha value is 0.460. The number of rotatable bonds is 19. The molecule has 0 aliphatic heterocycles. The molecule has 0 saturated carbocycles. The van der Waals surface area contributed by atoms with Crippen LogP contribution in [-0.4, -0.2) is 64.1 Å². The summed E-state index contributed by atoms with van der Waals surface area (Å²) in [5.41, 5.74) is 0. The second kappa shape index (κ2) is 26.1. The average Bonchev–Trinajstić information content (AvgIpc) is 2.60. The second-order valence-electron chi connectivity index (χ2n) is 11.2. The molecule has 0 aromatic carbocycles. The van der Waals surface area contributed by atoms with Crippen molar-refractivity contribution in [2.45, 2.75) is 130 Å². The lowest BCUT2D eigenvalue weighted by Crippen LogP contribution is -3.00. The van der Waals surface area contributed by atoms with Crippen LogP contribution in [0, 0.1) is 0 Å². The number of quaternary nitrogens is 2. The molecule has 0 heterocycles. The normalized spacial score (nSPS) is 12.3. The van der Waals surface area contributed by atoms with E-state index in [4.69, 9.17) is 4.84 Å². The molecule has 0 N–H and O–H groups in total. The van der Waals surface area contributed by atoms with Crippen molar-refractivity contribution in [2.75, 3.05) is 48.8 Å². The minimum atomic E-state index is 0. The largest absolute Gasteiger partial charge is 1.00 e. The van der Waals surface area contributed by atoms with Crippen LogP contribution < -0.4 is 24.8 Å². The van der Waals surface area contributed by atoms with E-state index in [0.29, 0.717) is 10.8 Å². The highest BCUT2D eigenvalue weighted by Gasteiger charge is 2.14. The molecule has 0 spiro atoms. The van der Waals surface area contributed by atoms with Crippen molar-refractivity contribution >= 4 is 0 Å². The van der Waals surface area contributed by atoms with Crippen molar-refractivity contribution in [1.82, 2.24) is 0 Å². The van der Waals surface area contributed by atoms with E-state index in [1.54, 1.807) is 0 Å². The molecule has 32 heavy (non-hydrogen) atoms. The van der Waals surface area contributed by atoms with Gasteiger partial charge in [0.05, 0.1) is 48.8 Å². The van der Waals surface area contributed by atoms with Crippen molar-refractivity contribution in [2.24, 2.45) is 0 Å². The Balaban J connectivity index is -0.000000376. The van der Waals surface area contributed by atoms with Crippen molar-refractivity contribution in [3.63, 3.8) is 0 Å². The molecule has 0 fully saturated rings. The van der Waals surface area contributed by atoms with Gasteiger partial charge >= 0.3 is 0 Å². The Morgan fingerprint density at radius 1 is 0.531 bits per heavy atom. The molecule has 0 aromatic rings. The van der Waals surface area contributed by atoms with E-state index in [-0.39, 0.29) is 24.8 Å². The lowest BCUT2D eigenvalue weighted by atomic mass is 10.0. The molecule has 0 amide bonds. The third-order valence-corrected chi connectivity index (χ3v) is 5.35. The van der Waals surface area contributed by atoms with E-state index in [9.17, 15) is 0 Å². The van der Waals surface area contributed by atoms with E-state index in [0.717, 1.165) is 4.48 Å². The standard InChI is InChI=1S/C21H46NO.C6H16N.2ClH/c1-6-7-8-9-10-11-12-13-14-15-16-17-18-19-20-21(2)23-22(3,4)5;1-5-6-7(2,3)4;;/h21H,6-20H2,1-5H3;5-6H2,1-4H3;2*1H/q2*+1;;/p-2. The third-order valence-electron chi connectivity index (χ3n) is 5.35. The van der Waals surface area contributed by atoms with Crippen molar-refractivity contribution in [3.05, 3.63) is 0 Å². The average molecular weight is 502 g/mol. The van der Waals surface area contributed by atoms with Crippen molar-refractivity contribution in [1.29, 1.82) is 0 Å². The molecule has 0 saturated heterocycles. The first-order valence-electron chi connectivity index (χ1n) is 13.3. The molecule has 3 nitrogen and oxygen atoms in total. The Bertz CT molecular complexity index is 342. The molecule has 200 valence electrons. The summed E-state index contributed by atoms with van der Waals surface area (Å²) in [6.07, 6.45) is 22.9. The Morgan fingerprint density at radius 2 is 0.875 bits per heavy atom. The topological polar surface area (TPSA) is 9.23 Å². The van der Waals surface area contributed by atoms with Gasteiger partial charge in [-0.05, 0) is 19.8 Å². The summed E-state index contributed by atoms with van der Waals surface area (Å²) in [6.45, 7) is 7.98. The van der Waals surface area contributed by atoms with E-state index < -0.39 is 0 Å². The number of hydrogen-bond acceptors (Lipinski definition) is 1. The number of halogens is 2. The molecule has 0 aliphatic rings. The summed E-state index contributed by atoms with van der Waals surface area (Å²) in [6, 6.07) is 0. The zero-order valence-corrected chi connectivity index (χ0v) is 25.2. The van der Waals surface area contributed by atoms with Crippen LogP contribution in [0.3, 0.4) is 0 Å². The van der Waals surface area contributed by atoms with Gasteiger partial charge in [-0.3, -0.25) is 0 Å². The molecule has 0 aromatic heterocycles. The van der Waals surface area contributed by atoms with Gasteiger partial charge in [0.15, 0.2) is 0 Å². The SMILES string of the molecule is CCCCCCCCCCCCCCCCC(C)O[N+](C)(C)C.CCC[N+](C)(C)C.[Cl-].[Cl-]. The second-order valence-corrected chi connectivity index (χ2v) is 11.2. The molecule has 1 unspecified atom stereocenters. The van der Waals surface area contributed by atoms with Gasteiger partial charge < -0.3 is 29.3 Å². The van der Waals surface area contributed by atoms with Crippen LogP contribution in [0.4, 0.5) is 0 Å². The first-order valence-corrected chi connectivity index (χ1v) is 13.3. The molecular weight excluding hydrogens is 439 g/mol. The predicted molar refractivity (Wildman–Crippen MR) is 137 cm³/mol. The molecule has 0 aliphatic carbocycles. The fourth-order valence-electron chi connectivity index (χ4n) is 3.89. The summed E-state index contributed by atoms with van der Waals surface area (Å²) in [7, 11) is 12.9. The summed E-state index contributed by atoms with van der Waals surface area (Å²) in [5, 5.41) is 0. The van der Waals surface area contributed by atoms with E-state index in [2.05, 4.69) is 63.1 Å². The zero-order valence-electron chi connectivity index (χ0n) is 23.7. The highest BCUT2D eigenvalue weighted by molar-refractivity contribution is 4.52. The molecule has 0 rings (SSSR count).